The number of aromatic nitrogens is 5. The number of nitrogens with zero attached hydrogens (tertiary/aromatic N) is 5. The average Bonchev–Trinajstić information content (AvgIpc) is 2.85. The van der Waals surface area contributed by atoms with Gasteiger partial charge in [-0.1, -0.05) is 29.8 Å². The molecule has 3 heterocycles. The first-order chi connectivity index (χ1) is 16.9. The minimum Gasteiger partial charge on any atom is -0.452 e. The fourth-order valence-electron chi connectivity index (χ4n) is 3.14. The van der Waals surface area contributed by atoms with Gasteiger partial charge in [-0.25, -0.2) is 19.3 Å². The van der Waals surface area contributed by atoms with Crippen molar-refractivity contribution in [1.29, 1.82) is 0 Å². The van der Waals surface area contributed by atoms with Gasteiger partial charge in [0.15, 0.2) is 23.0 Å². The van der Waals surface area contributed by atoms with Gasteiger partial charge < -0.3 is 10.5 Å². The van der Waals surface area contributed by atoms with Crippen LogP contribution in [0.25, 0.3) is 11.1 Å². The quantitative estimate of drug-likeness (QED) is 0.290. The Morgan fingerprint density at radius 3 is 2.57 bits per heavy atom. The summed E-state index contributed by atoms with van der Waals surface area (Å²) >= 11 is 6.06. The molecule has 0 saturated heterocycles. The zero-order chi connectivity index (χ0) is 24.9. The predicted octanol–water partition coefficient (Wildman–Crippen LogP) is 3.87. The lowest BCUT2D eigenvalue weighted by atomic mass is 10.0. The molecule has 3 aromatic heterocycles. The van der Waals surface area contributed by atoms with E-state index in [4.69, 9.17) is 22.1 Å². The van der Waals surface area contributed by atoms with E-state index in [-0.39, 0.29) is 52.4 Å². The van der Waals surface area contributed by atoms with E-state index in [1.165, 1.54) is 59.8 Å². The molecule has 0 fully saturated rings. The van der Waals surface area contributed by atoms with E-state index in [1.54, 1.807) is 6.08 Å². The molecule has 0 spiro atoms. The molecule has 4 aromatic rings. The first-order valence-electron chi connectivity index (χ1n) is 10.3. The van der Waals surface area contributed by atoms with Crippen LogP contribution in [-0.4, -0.2) is 30.5 Å². The molecule has 0 saturated carbocycles. The number of nitrogens with two attached hydrogens (primary N) is 1. The number of anilines is 1. The second-order valence-corrected chi connectivity index (χ2v) is 7.66. The molecular formula is C24H18ClFN6O3. The van der Waals surface area contributed by atoms with Crippen molar-refractivity contribution in [3.63, 3.8) is 0 Å². The molecule has 0 atom stereocenters. The maximum atomic E-state index is 13.3. The highest BCUT2D eigenvalue weighted by atomic mass is 35.5. The molecule has 0 bridgehead atoms. The molecule has 0 aliphatic heterocycles. The number of halogens is 2. The lowest BCUT2D eigenvalue weighted by Crippen LogP contribution is -2.25. The van der Waals surface area contributed by atoms with Crippen molar-refractivity contribution in [2.24, 2.45) is 0 Å². The summed E-state index contributed by atoms with van der Waals surface area (Å²) in [5.74, 6) is -0.203. The Labute approximate surface area is 203 Å². The van der Waals surface area contributed by atoms with Crippen molar-refractivity contribution in [3.8, 4) is 22.6 Å². The number of carbonyl (C=O) groups is 1. The SMILES string of the molecule is C=CCn1cc(-c2ccc(F)cc2)c(=O)c(C(=O)Cc2ncc(Oc3ccnc(N)c3Cl)cn2)n1. The van der Waals surface area contributed by atoms with E-state index < -0.39 is 17.0 Å². The summed E-state index contributed by atoms with van der Waals surface area (Å²) in [5.41, 5.74) is 5.47. The summed E-state index contributed by atoms with van der Waals surface area (Å²) in [6.07, 6.45) is 6.96. The molecule has 0 unspecified atom stereocenters. The fraction of sp³-hybridized carbons (Fsp3) is 0.0833. The molecule has 1 aromatic carbocycles. The number of Topliss-reactive ketones (excluding diaryl/α,β-unsaturated/α-hetero) is 1. The van der Waals surface area contributed by atoms with Gasteiger partial charge in [-0.3, -0.25) is 14.3 Å². The summed E-state index contributed by atoms with van der Waals surface area (Å²) in [4.78, 5) is 38.1. The molecule has 11 heteroatoms. The number of hydrogen-bond acceptors (Lipinski definition) is 8. The number of ketones is 1. The molecule has 2 N–H and O–H groups in total. The zero-order valence-corrected chi connectivity index (χ0v) is 18.9. The van der Waals surface area contributed by atoms with E-state index in [2.05, 4.69) is 26.6 Å². The van der Waals surface area contributed by atoms with Crippen molar-refractivity contribution in [1.82, 2.24) is 24.7 Å². The van der Waals surface area contributed by atoms with Crippen LogP contribution in [0.4, 0.5) is 10.2 Å². The third-order valence-electron chi connectivity index (χ3n) is 4.81. The number of ether oxygens (including phenoxy) is 1. The van der Waals surface area contributed by atoms with Crippen LogP contribution in [0.1, 0.15) is 16.3 Å². The van der Waals surface area contributed by atoms with Crippen LogP contribution < -0.4 is 15.9 Å². The molecule has 0 aliphatic carbocycles. The molecule has 9 nitrogen and oxygen atoms in total. The number of carbonyl (C=O) groups excluding carboxylic acids is 1. The van der Waals surface area contributed by atoms with E-state index in [0.29, 0.717) is 5.56 Å². The van der Waals surface area contributed by atoms with E-state index in [0.717, 1.165) is 0 Å². The number of pyridine rings is 1. The smallest absolute Gasteiger partial charge is 0.219 e. The summed E-state index contributed by atoms with van der Waals surface area (Å²) < 4.78 is 20.4. The van der Waals surface area contributed by atoms with Crippen molar-refractivity contribution < 1.29 is 13.9 Å². The van der Waals surface area contributed by atoms with Gasteiger partial charge in [0.25, 0.3) is 0 Å². The Kier molecular flexibility index (Phi) is 6.93. The van der Waals surface area contributed by atoms with Crippen LogP contribution in [0.2, 0.25) is 5.02 Å². The highest BCUT2D eigenvalue weighted by molar-refractivity contribution is 6.34. The molecule has 4 rings (SSSR count). The number of benzene rings is 1. The van der Waals surface area contributed by atoms with Crippen LogP contribution in [0, 0.1) is 5.82 Å². The number of hydrogen-bond donors (Lipinski definition) is 1. The second-order valence-electron chi connectivity index (χ2n) is 7.28. The maximum Gasteiger partial charge on any atom is 0.219 e. The van der Waals surface area contributed by atoms with Crippen LogP contribution >= 0.6 is 11.6 Å². The Morgan fingerprint density at radius 2 is 1.89 bits per heavy atom. The topological polar surface area (TPSA) is 126 Å². The predicted molar refractivity (Wildman–Crippen MR) is 128 cm³/mol. The van der Waals surface area contributed by atoms with E-state index >= 15 is 0 Å². The Hall–Kier alpha value is -4.44. The normalized spacial score (nSPS) is 10.7. The number of rotatable bonds is 8. The monoisotopic (exact) mass is 492 g/mol. The lowest BCUT2D eigenvalue weighted by molar-refractivity contribution is 0.0982. The molecular weight excluding hydrogens is 475 g/mol. The minimum atomic E-state index is -0.577. The van der Waals surface area contributed by atoms with Crippen molar-refractivity contribution in [2.45, 2.75) is 13.0 Å². The number of allylic oxidation sites excluding steroid dienone is 1. The standard InChI is InChI=1S/C24H18ClFN6O3/c1-2-9-32-13-17(14-3-5-15(26)6-4-14)23(34)22(31-32)18(33)10-20-29-11-16(12-30-20)35-19-7-8-28-24(27)21(19)25/h2-8,11-13H,1,9-10H2,(H2,27,28). The Morgan fingerprint density at radius 1 is 1.17 bits per heavy atom. The molecule has 176 valence electrons. The molecule has 35 heavy (non-hydrogen) atoms. The summed E-state index contributed by atoms with van der Waals surface area (Å²) in [7, 11) is 0. The first kappa shape index (κ1) is 23.7. The summed E-state index contributed by atoms with van der Waals surface area (Å²) in [6.45, 7) is 3.92. The van der Waals surface area contributed by atoms with Crippen LogP contribution in [0.3, 0.4) is 0 Å². The third-order valence-corrected chi connectivity index (χ3v) is 5.19. The Balaban J connectivity index is 1.58. The van der Waals surface area contributed by atoms with Gasteiger partial charge in [-0.15, -0.1) is 6.58 Å². The molecule has 0 aliphatic rings. The summed E-state index contributed by atoms with van der Waals surface area (Å²) in [6, 6.07) is 6.93. The van der Waals surface area contributed by atoms with Gasteiger partial charge in [-0.2, -0.15) is 5.10 Å². The zero-order valence-electron chi connectivity index (χ0n) is 18.2. The van der Waals surface area contributed by atoms with Crippen LogP contribution in [0.15, 0.2) is 72.6 Å². The van der Waals surface area contributed by atoms with Gasteiger partial charge in [0.1, 0.15) is 22.5 Å². The van der Waals surface area contributed by atoms with Crippen molar-refractivity contribution in [3.05, 3.63) is 100 Å². The second kappa shape index (κ2) is 10.2. The average molecular weight is 493 g/mol. The highest BCUT2D eigenvalue weighted by Gasteiger charge is 2.19. The maximum absolute atomic E-state index is 13.3. The summed E-state index contributed by atoms with van der Waals surface area (Å²) in [5, 5.41) is 4.30. The lowest BCUT2D eigenvalue weighted by Gasteiger charge is -2.10. The van der Waals surface area contributed by atoms with Crippen molar-refractivity contribution >= 4 is 23.2 Å². The van der Waals surface area contributed by atoms with Crippen LogP contribution in [0.5, 0.6) is 11.5 Å². The Bertz CT molecular complexity index is 1460. The van der Waals surface area contributed by atoms with Gasteiger partial charge in [0, 0.05) is 24.0 Å². The van der Waals surface area contributed by atoms with Crippen molar-refractivity contribution in [2.75, 3.05) is 5.73 Å². The van der Waals surface area contributed by atoms with Crippen LogP contribution in [-0.2, 0) is 13.0 Å². The first-order valence-corrected chi connectivity index (χ1v) is 10.6. The van der Waals surface area contributed by atoms with Gasteiger partial charge in [0.2, 0.25) is 5.43 Å². The third kappa shape index (κ3) is 5.39. The fourth-order valence-corrected chi connectivity index (χ4v) is 3.29. The number of nitrogen functional groups attached to an aromatic ring is 1. The van der Waals surface area contributed by atoms with Gasteiger partial charge in [-0.05, 0) is 17.7 Å². The molecule has 0 radical (unpaired) electrons. The molecule has 0 amide bonds. The van der Waals surface area contributed by atoms with Gasteiger partial charge >= 0.3 is 0 Å². The van der Waals surface area contributed by atoms with E-state index in [9.17, 15) is 14.0 Å². The van der Waals surface area contributed by atoms with Gasteiger partial charge in [0.05, 0.1) is 25.4 Å². The van der Waals surface area contributed by atoms with E-state index in [1.807, 2.05) is 0 Å². The highest BCUT2D eigenvalue weighted by Crippen LogP contribution is 2.31. The largest absolute Gasteiger partial charge is 0.452 e. The minimum absolute atomic E-state index is 0.116.